The van der Waals surface area contributed by atoms with Crippen LogP contribution in [0, 0.1) is 14.9 Å². The molecule has 0 heterocycles. The third kappa shape index (κ3) is 4.32. The van der Waals surface area contributed by atoms with Crippen LogP contribution >= 0.6 is 38.5 Å². The van der Waals surface area contributed by atoms with Crippen molar-refractivity contribution in [1.29, 1.82) is 5.26 Å². The van der Waals surface area contributed by atoms with Gasteiger partial charge in [0.05, 0.1) is 4.47 Å². The Kier molecular flexibility index (Phi) is 5.57. The SMILES string of the molecule is N#C/C(=C/c1ccc(O)c(Br)c1)C(=O)Nc1ccc(I)cc1. The first-order chi connectivity index (χ1) is 10.5. The summed E-state index contributed by atoms with van der Waals surface area (Å²) in [6.45, 7) is 0. The van der Waals surface area contributed by atoms with Gasteiger partial charge in [0.1, 0.15) is 17.4 Å². The zero-order chi connectivity index (χ0) is 16.1. The smallest absolute Gasteiger partial charge is 0.266 e. The van der Waals surface area contributed by atoms with Crippen molar-refractivity contribution in [2.45, 2.75) is 0 Å². The summed E-state index contributed by atoms with van der Waals surface area (Å²) in [7, 11) is 0. The second-order valence-corrected chi connectivity index (χ2v) is 6.44. The van der Waals surface area contributed by atoms with E-state index >= 15 is 0 Å². The predicted octanol–water partition coefficient (Wildman–Crippen LogP) is 4.30. The summed E-state index contributed by atoms with van der Waals surface area (Å²) in [5.74, 6) is -0.382. The maximum absolute atomic E-state index is 12.1. The first-order valence-corrected chi connectivity index (χ1v) is 8.04. The Morgan fingerprint density at radius 3 is 2.55 bits per heavy atom. The molecule has 0 aliphatic carbocycles. The van der Waals surface area contributed by atoms with E-state index in [2.05, 4.69) is 43.8 Å². The summed E-state index contributed by atoms with van der Waals surface area (Å²) in [6, 6.07) is 13.9. The van der Waals surface area contributed by atoms with Crippen LogP contribution in [0.3, 0.4) is 0 Å². The molecule has 0 saturated heterocycles. The van der Waals surface area contributed by atoms with E-state index < -0.39 is 5.91 Å². The van der Waals surface area contributed by atoms with E-state index in [1.807, 2.05) is 18.2 Å². The molecule has 0 radical (unpaired) electrons. The molecule has 0 spiro atoms. The number of nitrogens with one attached hydrogen (secondary N) is 1. The highest BCUT2D eigenvalue weighted by Crippen LogP contribution is 2.25. The third-order valence-electron chi connectivity index (χ3n) is 2.75. The van der Waals surface area contributed by atoms with Crippen LogP contribution in [0.4, 0.5) is 5.69 Å². The van der Waals surface area contributed by atoms with E-state index in [0.29, 0.717) is 15.7 Å². The van der Waals surface area contributed by atoms with Gasteiger partial charge in [-0.25, -0.2) is 0 Å². The van der Waals surface area contributed by atoms with E-state index in [9.17, 15) is 9.90 Å². The van der Waals surface area contributed by atoms with Crippen LogP contribution in [0.2, 0.25) is 0 Å². The number of benzene rings is 2. The van der Waals surface area contributed by atoms with Crippen LogP contribution < -0.4 is 5.32 Å². The molecule has 2 rings (SSSR count). The van der Waals surface area contributed by atoms with Crippen molar-refractivity contribution >= 4 is 56.2 Å². The van der Waals surface area contributed by atoms with E-state index in [0.717, 1.165) is 3.57 Å². The third-order valence-corrected chi connectivity index (χ3v) is 4.10. The highest BCUT2D eigenvalue weighted by molar-refractivity contribution is 14.1. The summed E-state index contributed by atoms with van der Waals surface area (Å²) in [5, 5.41) is 21.3. The molecule has 0 atom stereocenters. The van der Waals surface area contributed by atoms with Gasteiger partial charge in [0.2, 0.25) is 0 Å². The first-order valence-electron chi connectivity index (χ1n) is 6.17. The lowest BCUT2D eigenvalue weighted by molar-refractivity contribution is -0.112. The van der Waals surface area contributed by atoms with Gasteiger partial charge in [-0.1, -0.05) is 6.07 Å². The van der Waals surface area contributed by atoms with Gasteiger partial charge < -0.3 is 10.4 Å². The quantitative estimate of drug-likeness (QED) is 0.400. The van der Waals surface area contributed by atoms with Gasteiger partial charge in [0.15, 0.2) is 0 Å². The number of nitriles is 1. The molecule has 4 nitrogen and oxygen atoms in total. The summed E-state index contributed by atoms with van der Waals surface area (Å²) in [5.41, 5.74) is 1.24. The molecular weight excluding hydrogens is 459 g/mol. The first kappa shape index (κ1) is 16.5. The monoisotopic (exact) mass is 468 g/mol. The van der Waals surface area contributed by atoms with Gasteiger partial charge in [0.25, 0.3) is 5.91 Å². The highest BCUT2D eigenvalue weighted by Gasteiger charge is 2.10. The Balaban J connectivity index is 2.21. The molecular formula is C16H10BrIN2O2. The van der Waals surface area contributed by atoms with Crippen molar-refractivity contribution in [2.24, 2.45) is 0 Å². The largest absolute Gasteiger partial charge is 0.507 e. The predicted molar refractivity (Wildman–Crippen MR) is 97.2 cm³/mol. The van der Waals surface area contributed by atoms with Gasteiger partial charge >= 0.3 is 0 Å². The molecule has 1 amide bonds. The highest BCUT2D eigenvalue weighted by atomic mass is 127. The van der Waals surface area contributed by atoms with Crippen molar-refractivity contribution < 1.29 is 9.90 Å². The van der Waals surface area contributed by atoms with Gasteiger partial charge in [-0.2, -0.15) is 5.26 Å². The summed E-state index contributed by atoms with van der Waals surface area (Å²) >= 11 is 5.36. The minimum absolute atomic E-state index is 0.0175. The van der Waals surface area contributed by atoms with Crippen LogP contribution in [0.15, 0.2) is 52.5 Å². The number of aromatic hydroxyl groups is 1. The maximum Gasteiger partial charge on any atom is 0.266 e. The summed E-state index contributed by atoms with van der Waals surface area (Å²) in [4.78, 5) is 12.1. The second-order valence-electron chi connectivity index (χ2n) is 4.34. The molecule has 0 bridgehead atoms. The molecule has 6 heteroatoms. The number of hydrogen-bond acceptors (Lipinski definition) is 3. The van der Waals surface area contributed by atoms with Gasteiger partial charge in [-0.15, -0.1) is 0 Å². The van der Waals surface area contributed by atoms with E-state index in [1.165, 1.54) is 12.1 Å². The number of carbonyl (C=O) groups is 1. The van der Waals surface area contributed by atoms with Crippen molar-refractivity contribution in [3.8, 4) is 11.8 Å². The minimum atomic E-state index is -0.479. The van der Waals surface area contributed by atoms with Crippen LogP contribution in [-0.4, -0.2) is 11.0 Å². The molecule has 0 fully saturated rings. The van der Waals surface area contributed by atoms with Gasteiger partial charge in [-0.3, -0.25) is 4.79 Å². The number of carbonyl (C=O) groups excluding carboxylic acids is 1. The Morgan fingerprint density at radius 1 is 1.27 bits per heavy atom. The number of rotatable bonds is 3. The van der Waals surface area contributed by atoms with Crippen molar-refractivity contribution in [3.63, 3.8) is 0 Å². The lowest BCUT2D eigenvalue weighted by atomic mass is 10.1. The van der Waals surface area contributed by atoms with E-state index in [1.54, 1.807) is 24.3 Å². The van der Waals surface area contributed by atoms with E-state index in [4.69, 9.17) is 5.26 Å². The number of nitrogens with zero attached hydrogens (tertiary/aromatic N) is 1. The number of hydrogen-bond donors (Lipinski definition) is 2. The van der Waals surface area contributed by atoms with Crippen LogP contribution in [0.25, 0.3) is 6.08 Å². The summed E-state index contributed by atoms with van der Waals surface area (Å²) in [6.07, 6.45) is 1.46. The lowest BCUT2D eigenvalue weighted by Gasteiger charge is -2.05. The number of amides is 1. The molecule has 0 aliphatic rings. The van der Waals surface area contributed by atoms with Crippen LogP contribution in [-0.2, 0) is 4.79 Å². The molecule has 22 heavy (non-hydrogen) atoms. The van der Waals surface area contributed by atoms with Crippen LogP contribution in [0.1, 0.15) is 5.56 Å². The Bertz CT molecular complexity index is 780. The molecule has 0 unspecified atom stereocenters. The minimum Gasteiger partial charge on any atom is -0.507 e. The number of phenols is 1. The molecule has 2 aromatic rings. The van der Waals surface area contributed by atoms with E-state index in [-0.39, 0.29) is 11.3 Å². The molecule has 110 valence electrons. The number of anilines is 1. The zero-order valence-corrected chi connectivity index (χ0v) is 14.9. The number of phenolic OH excluding ortho intramolecular Hbond substituents is 1. The van der Waals surface area contributed by atoms with Crippen molar-refractivity contribution in [1.82, 2.24) is 0 Å². The van der Waals surface area contributed by atoms with Crippen LogP contribution in [0.5, 0.6) is 5.75 Å². The normalized spacial score (nSPS) is 10.9. The van der Waals surface area contributed by atoms with Crippen molar-refractivity contribution in [3.05, 3.63) is 61.6 Å². The fraction of sp³-hybridized carbons (Fsp3) is 0. The standard InChI is InChI=1S/C16H10BrIN2O2/c17-14-8-10(1-6-15(14)21)7-11(9-19)16(22)20-13-4-2-12(18)3-5-13/h1-8,21H,(H,20,22)/b11-7-. The second kappa shape index (κ2) is 7.42. The molecule has 2 N–H and O–H groups in total. The molecule has 2 aromatic carbocycles. The molecule has 0 aliphatic heterocycles. The maximum atomic E-state index is 12.1. The zero-order valence-electron chi connectivity index (χ0n) is 11.2. The van der Waals surface area contributed by atoms with Gasteiger partial charge in [-0.05, 0) is 86.6 Å². The lowest BCUT2D eigenvalue weighted by Crippen LogP contribution is -2.13. The Labute approximate surface area is 149 Å². The topological polar surface area (TPSA) is 73.1 Å². The Hall–Kier alpha value is -1.85. The molecule has 0 aromatic heterocycles. The fourth-order valence-corrected chi connectivity index (χ4v) is 2.42. The Morgan fingerprint density at radius 2 is 1.95 bits per heavy atom. The van der Waals surface area contributed by atoms with Crippen molar-refractivity contribution in [2.75, 3.05) is 5.32 Å². The fourth-order valence-electron chi connectivity index (χ4n) is 1.66. The summed E-state index contributed by atoms with van der Waals surface area (Å²) < 4.78 is 1.55. The number of halogens is 2. The average molecular weight is 469 g/mol. The molecule has 0 saturated carbocycles. The van der Waals surface area contributed by atoms with Gasteiger partial charge in [0, 0.05) is 9.26 Å². The average Bonchev–Trinajstić information content (AvgIpc) is 2.50.